The molecular formula is C31H29FN2O6. The molecule has 6 rings (SSSR count). The van der Waals surface area contributed by atoms with Gasteiger partial charge in [0.05, 0.1) is 31.8 Å². The molecule has 2 heterocycles. The molecule has 1 fully saturated rings. The second kappa shape index (κ2) is 11.2. The van der Waals surface area contributed by atoms with Gasteiger partial charge < -0.3 is 24.1 Å². The number of benzene rings is 3. The first kappa shape index (κ1) is 26.1. The van der Waals surface area contributed by atoms with Gasteiger partial charge in [-0.1, -0.05) is 12.1 Å². The predicted molar refractivity (Wildman–Crippen MR) is 142 cm³/mol. The molecule has 0 spiro atoms. The molecule has 1 N–H and O–H groups in total. The van der Waals surface area contributed by atoms with E-state index in [1.54, 1.807) is 24.3 Å². The van der Waals surface area contributed by atoms with Crippen LogP contribution in [0, 0.1) is 17.1 Å². The van der Waals surface area contributed by atoms with E-state index in [9.17, 15) is 10.1 Å². The summed E-state index contributed by atoms with van der Waals surface area (Å²) in [6, 6.07) is 16.2. The number of morpholine rings is 1. The summed E-state index contributed by atoms with van der Waals surface area (Å²) in [5.74, 6) is 0.625. The van der Waals surface area contributed by atoms with Gasteiger partial charge in [-0.2, -0.15) is 5.26 Å². The van der Waals surface area contributed by atoms with Crippen LogP contribution in [0.4, 0.5) is 4.39 Å². The number of hydrogen-bond acceptors (Lipinski definition) is 7. The van der Waals surface area contributed by atoms with Crippen molar-refractivity contribution in [1.29, 1.82) is 5.26 Å². The van der Waals surface area contributed by atoms with Gasteiger partial charge in [0.2, 0.25) is 0 Å². The number of ether oxygens (including phenoxy) is 4. The van der Waals surface area contributed by atoms with E-state index in [4.69, 9.17) is 24.1 Å². The van der Waals surface area contributed by atoms with Gasteiger partial charge in [-0.05, 0) is 48.7 Å². The van der Waals surface area contributed by atoms with Crippen molar-refractivity contribution in [3.63, 3.8) is 0 Å². The summed E-state index contributed by atoms with van der Waals surface area (Å²) < 4.78 is 38.6. The van der Waals surface area contributed by atoms with E-state index in [1.807, 2.05) is 18.2 Å². The second-order valence-corrected chi connectivity index (χ2v) is 10.3. The van der Waals surface area contributed by atoms with Crippen LogP contribution in [0.1, 0.15) is 52.7 Å². The fourth-order valence-electron chi connectivity index (χ4n) is 5.72. The third-order valence-corrected chi connectivity index (χ3v) is 7.70. The van der Waals surface area contributed by atoms with Crippen molar-refractivity contribution >= 4 is 5.97 Å². The maximum Gasteiger partial charge on any atom is 0.304 e. The van der Waals surface area contributed by atoms with Crippen molar-refractivity contribution < 1.29 is 33.2 Å². The Kier molecular flexibility index (Phi) is 7.29. The van der Waals surface area contributed by atoms with Crippen LogP contribution >= 0.6 is 0 Å². The van der Waals surface area contributed by atoms with Gasteiger partial charge in [-0.3, -0.25) is 9.69 Å². The summed E-state index contributed by atoms with van der Waals surface area (Å²) >= 11 is 0. The maximum atomic E-state index is 15.1. The maximum absolute atomic E-state index is 15.1. The molecule has 1 aliphatic carbocycles. The highest BCUT2D eigenvalue weighted by atomic mass is 19.1. The first-order chi connectivity index (χ1) is 19.5. The lowest BCUT2D eigenvalue weighted by molar-refractivity contribution is -0.137. The molecular weight excluding hydrogens is 515 g/mol. The summed E-state index contributed by atoms with van der Waals surface area (Å²) in [5.41, 5.74) is 3.47. The lowest BCUT2D eigenvalue weighted by Gasteiger charge is -2.26. The van der Waals surface area contributed by atoms with E-state index in [1.165, 1.54) is 6.07 Å². The number of carboxylic acids is 1. The molecule has 2 aliphatic heterocycles. The molecule has 0 unspecified atom stereocenters. The van der Waals surface area contributed by atoms with Crippen LogP contribution < -0.4 is 14.2 Å². The number of hydrogen-bond donors (Lipinski definition) is 1. The van der Waals surface area contributed by atoms with Crippen molar-refractivity contribution in [2.45, 2.75) is 37.8 Å². The summed E-state index contributed by atoms with van der Waals surface area (Å²) in [5, 5.41) is 18.9. The molecule has 40 heavy (non-hydrogen) atoms. The number of rotatable bonds is 8. The monoisotopic (exact) mass is 544 g/mol. The zero-order valence-electron chi connectivity index (χ0n) is 21.9. The molecule has 3 aromatic carbocycles. The first-order valence-electron chi connectivity index (χ1n) is 13.5. The third-order valence-electron chi connectivity index (χ3n) is 7.70. The molecule has 0 aromatic heterocycles. The fraction of sp³-hybridized carbons (Fsp3) is 0.355. The molecule has 3 aliphatic rings. The zero-order chi connectivity index (χ0) is 27.6. The normalized spacial score (nSPS) is 19.8. The summed E-state index contributed by atoms with van der Waals surface area (Å²) in [6.07, 6.45) is 0.614. The highest BCUT2D eigenvalue weighted by molar-refractivity contribution is 5.69. The molecule has 0 amide bonds. The first-order valence-corrected chi connectivity index (χ1v) is 13.5. The highest BCUT2D eigenvalue weighted by Gasteiger charge is 2.32. The minimum absolute atomic E-state index is 0.00130. The van der Waals surface area contributed by atoms with Gasteiger partial charge in [0, 0.05) is 48.3 Å². The molecule has 206 valence electrons. The van der Waals surface area contributed by atoms with Crippen LogP contribution in [0.2, 0.25) is 0 Å². The topological polar surface area (TPSA) is 101 Å². The number of aliphatic carboxylic acids is 1. The van der Waals surface area contributed by atoms with Gasteiger partial charge in [0.25, 0.3) is 0 Å². The van der Waals surface area contributed by atoms with E-state index >= 15 is 4.39 Å². The zero-order valence-corrected chi connectivity index (χ0v) is 21.9. The number of carbonyl (C=O) groups is 1. The Hall–Kier alpha value is -4.13. The largest absolute Gasteiger partial charge is 0.492 e. The molecule has 1 saturated heterocycles. The van der Waals surface area contributed by atoms with Crippen molar-refractivity contribution in [1.82, 2.24) is 4.90 Å². The number of carboxylic acid groups (broad SMARTS) is 1. The lowest BCUT2D eigenvalue weighted by atomic mass is 9.98. The van der Waals surface area contributed by atoms with Crippen LogP contribution in [0.15, 0.2) is 48.5 Å². The Bertz CT molecular complexity index is 1480. The summed E-state index contributed by atoms with van der Waals surface area (Å²) in [7, 11) is 0. The SMILES string of the molecule is N#Cc1cc(CN2CCOCC2)ccc1Oc1ccc(F)c2c1CC[C@H]2Oc1ccc2c(c1)OC[C@H]2CC(=O)O. The predicted octanol–water partition coefficient (Wildman–Crippen LogP) is 5.34. The van der Waals surface area contributed by atoms with Gasteiger partial charge in [-0.25, -0.2) is 4.39 Å². The summed E-state index contributed by atoms with van der Waals surface area (Å²) in [6.45, 7) is 4.17. The molecule has 0 saturated carbocycles. The van der Waals surface area contributed by atoms with Crippen molar-refractivity contribution in [2.24, 2.45) is 0 Å². The number of halogens is 1. The van der Waals surface area contributed by atoms with Gasteiger partial charge in [-0.15, -0.1) is 0 Å². The second-order valence-electron chi connectivity index (χ2n) is 10.3. The molecule has 9 heteroatoms. The molecule has 3 aromatic rings. The Morgan fingerprint density at radius 3 is 2.75 bits per heavy atom. The van der Waals surface area contributed by atoms with E-state index in [-0.39, 0.29) is 18.2 Å². The molecule has 0 bridgehead atoms. The number of fused-ring (bicyclic) bond motifs is 2. The standard InChI is InChI=1S/C31H29FN2O6/c32-25-5-8-27(40-26-6-1-19(13-20(26)16-33)17-34-9-11-37-12-10-34)24-4-7-28(31(24)25)39-22-2-3-23-21(14-30(35)36)18-38-29(23)15-22/h1-3,5-6,8,13,15,21,28H,4,7,9-12,14,17-18H2,(H,35,36)/t21-,28-/m1/s1. The van der Waals surface area contributed by atoms with Gasteiger partial charge in [0.15, 0.2) is 0 Å². The average Bonchev–Trinajstić information content (AvgIpc) is 3.56. The van der Waals surface area contributed by atoms with E-state index in [2.05, 4.69) is 11.0 Å². The van der Waals surface area contributed by atoms with Crippen molar-refractivity contribution in [3.05, 3.63) is 82.2 Å². The Morgan fingerprint density at radius 2 is 1.95 bits per heavy atom. The third kappa shape index (κ3) is 5.33. The van der Waals surface area contributed by atoms with E-state index in [0.29, 0.717) is 66.8 Å². The molecule has 8 nitrogen and oxygen atoms in total. The van der Waals surface area contributed by atoms with Gasteiger partial charge in [0.1, 0.15) is 41.0 Å². The van der Waals surface area contributed by atoms with Crippen LogP contribution in [-0.4, -0.2) is 48.9 Å². The minimum atomic E-state index is -0.872. The molecule has 2 atom stereocenters. The highest BCUT2D eigenvalue weighted by Crippen LogP contribution is 2.44. The average molecular weight is 545 g/mol. The van der Waals surface area contributed by atoms with E-state index < -0.39 is 12.1 Å². The minimum Gasteiger partial charge on any atom is -0.492 e. The Labute approximate surface area is 231 Å². The van der Waals surface area contributed by atoms with Crippen LogP contribution in [0.3, 0.4) is 0 Å². The van der Waals surface area contributed by atoms with Crippen molar-refractivity contribution in [3.8, 4) is 29.1 Å². The summed E-state index contributed by atoms with van der Waals surface area (Å²) in [4.78, 5) is 13.4. The van der Waals surface area contributed by atoms with Crippen LogP contribution in [0.25, 0.3) is 0 Å². The number of nitriles is 1. The lowest BCUT2D eigenvalue weighted by Crippen LogP contribution is -2.35. The van der Waals surface area contributed by atoms with Crippen LogP contribution in [-0.2, 0) is 22.5 Å². The van der Waals surface area contributed by atoms with E-state index in [0.717, 1.165) is 36.3 Å². The Balaban J connectivity index is 1.19. The quantitative estimate of drug-likeness (QED) is 0.406. The fourth-order valence-corrected chi connectivity index (χ4v) is 5.72. The Morgan fingerprint density at radius 1 is 1.12 bits per heavy atom. The van der Waals surface area contributed by atoms with Crippen molar-refractivity contribution in [2.75, 3.05) is 32.9 Å². The number of nitrogens with zero attached hydrogens (tertiary/aromatic N) is 2. The smallest absolute Gasteiger partial charge is 0.304 e. The molecule has 0 radical (unpaired) electrons. The van der Waals surface area contributed by atoms with Gasteiger partial charge >= 0.3 is 5.97 Å². The van der Waals surface area contributed by atoms with Crippen LogP contribution in [0.5, 0.6) is 23.0 Å².